The minimum Gasteiger partial charge on any atom is -0.271 e. The first kappa shape index (κ1) is 14.6. The highest BCUT2D eigenvalue weighted by atomic mass is 19.2. The number of rotatable bonds is 4. The molecule has 0 bridgehead atoms. The zero-order valence-corrected chi connectivity index (χ0v) is 11.5. The van der Waals surface area contributed by atoms with Gasteiger partial charge in [0.1, 0.15) is 0 Å². The Hall–Kier alpha value is -1.85. The lowest BCUT2D eigenvalue weighted by atomic mass is 9.97. The number of hydrogen-bond acceptors (Lipinski definition) is 3. The van der Waals surface area contributed by atoms with Crippen molar-refractivity contribution in [2.24, 2.45) is 5.84 Å². The van der Waals surface area contributed by atoms with Crippen LogP contribution in [0.1, 0.15) is 35.3 Å². The van der Waals surface area contributed by atoms with Crippen molar-refractivity contribution in [3.8, 4) is 0 Å². The second kappa shape index (κ2) is 6.07. The van der Waals surface area contributed by atoms with E-state index in [0.717, 1.165) is 12.0 Å². The number of nitrogens with zero attached hydrogens (tertiary/aromatic N) is 1. The van der Waals surface area contributed by atoms with E-state index in [1.807, 2.05) is 19.1 Å². The van der Waals surface area contributed by atoms with E-state index in [-0.39, 0.29) is 11.1 Å². The second-order valence-corrected chi connectivity index (χ2v) is 4.60. The molecule has 0 saturated carbocycles. The van der Waals surface area contributed by atoms with Crippen LogP contribution >= 0.6 is 0 Å². The first-order chi connectivity index (χ1) is 9.60. The summed E-state index contributed by atoms with van der Waals surface area (Å²) in [5.74, 6) is 3.80. The summed E-state index contributed by atoms with van der Waals surface area (Å²) in [6.45, 7) is 3.49. The number of hydrogen-bond donors (Lipinski definition) is 2. The van der Waals surface area contributed by atoms with Crippen LogP contribution in [0.3, 0.4) is 0 Å². The predicted octanol–water partition coefficient (Wildman–Crippen LogP) is 2.78. The molecule has 2 aromatic rings. The molecule has 0 aliphatic carbocycles. The second-order valence-electron chi connectivity index (χ2n) is 4.60. The lowest BCUT2D eigenvalue weighted by molar-refractivity contribution is 0.476. The summed E-state index contributed by atoms with van der Waals surface area (Å²) in [6, 6.07) is 6.09. The quantitative estimate of drug-likeness (QED) is 0.667. The van der Waals surface area contributed by atoms with Crippen molar-refractivity contribution in [1.82, 2.24) is 10.4 Å². The van der Waals surface area contributed by atoms with Gasteiger partial charge in [-0.2, -0.15) is 0 Å². The Kier molecular flexibility index (Phi) is 4.42. The fourth-order valence-corrected chi connectivity index (χ4v) is 2.21. The van der Waals surface area contributed by atoms with Gasteiger partial charge < -0.3 is 0 Å². The van der Waals surface area contributed by atoms with Gasteiger partial charge >= 0.3 is 0 Å². The fourth-order valence-electron chi connectivity index (χ4n) is 2.21. The van der Waals surface area contributed by atoms with Crippen molar-refractivity contribution < 1.29 is 8.78 Å². The molecule has 0 spiro atoms. The molecule has 106 valence electrons. The highest BCUT2D eigenvalue weighted by Crippen LogP contribution is 2.27. The van der Waals surface area contributed by atoms with E-state index in [1.54, 1.807) is 6.20 Å². The van der Waals surface area contributed by atoms with E-state index < -0.39 is 17.7 Å². The maximum atomic E-state index is 14.1. The molecule has 0 amide bonds. The van der Waals surface area contributed by atoms with Gasteiger partial charge in [-0.1, -0.05) is 25.1 Å². The van der Waals surface area contributed by atoms with Crippen molar-refractivity contribution in [1.29, 1.82) is 0 Å². The normalized spacial score (nSPS) is 12.4. The van der Waals surface area contributed by atoms with Crippen LogP contribution in [0.25, 0.3) is 0 Å². The number of nitrogens with two attached hydrogens (primary N) is 1. The molecule has 5 heteroatoms. The lowest BCUT2D eigenvalue weighted by Crippen LogP contribution is -2.31. The molecule has 0 radical (unpaired) electrons. The summed E-state index contributed by atoms with van der Waals surface area (Å²) in [7, 11) is 0. The number of aromatic nitrogens is 1. The van der Waals surface area contributed by atoms with Gasteiger partial charge in [-0.3, -0.25) is 10.8 Å². The Morgan fingerprint density at radius 3 is 2.65 bits per heavy atom. The van der Waals surface area contributed by atoms with Crippen molar-refractivity contribution in [2.75, 3.05) is 0 Å². The number of nitrogens with one attached hydrogen (secondary N) is 1. The first-order valence-electron chi connectivity index (χ1n) is 6.44. The fraction of sp³-hybridized carbons (Fsp3) is 0.267. The molecule has 20 heavy (non-hydrogen) atoms. The lowest BCUT2D eigenvalue weighted by Gasteiger charge is -2.19. The third-order valence-corrected chi connectivity index (χ3v) is 3.36. The Morgan fingerprint density at radius 1 is 1.25 bits per heavy atom. The van der Waals surface area contributed by atoms with Crippen LogP contribution in [0.4, 0.5) is 8.78 Å². The molecule has 3 N–H and O–H groups in total. The number of hydrazine groups is 1. The van der Waals surface area contributed by atoms with Crippen molar-refractivity contribution in [3.05, 3.63) is 64.5 Å². The third kappa shape index (κ3) is 2.55. The summed E-state index contributed by atoms with van der Waals surface area (Å²) in [5.41, 5.74) is 4.50. The number of halogens is 2. The predicted molar refractivity (Wildman–Crippen MR) is 73.9 cm³/mol. The van der Waals surface area contributed by atoms with Crippen LogP contribution < -0.4 is 11.3 Å². The van der Waals surface area contributed by atoms with Gasteiger partial charge in [-0.25, -0.2) is 14.2 Å². The minimum atomic E-state index is -0.888. The molecule has 0 aliphatic heterocycles. The summed E-state index contributed by atoms with van der Waals surface area (Å²) in [4.78, 5) is 4.26. The zero-order valence-electron chi connectivity index (χ0n) is 11.5. The highest BCUT2D eigenvalue weighted by molar-refractivity contribution is 5.35. The molecular formula is C15H17F2N3. The molecule has 1 unspecified atom stereocenters. The van der Waals surface area contributed by atoms with Gasteiger partial charge in [0.2, 0.25) is 0 Å². The van der Waals surface area contributed by atoms with Gasteiger partial charge in [0.25, 0.3) is 0 Å². The van der Waals surface area contributed by atoms with Gasteiger partial charge in [-0.15, -0.1) is 0 Å². The van der Waals surface area contributed by atoms with Crippen molar-refractivity contribution in [2.45, 2.75) is 26.3 Å². The zero-order chi connectivity index (χ0) is 14.7. The van der Waals surface area contributed by atoms with Gasteiger partial charge in [0, 0.05) is 11.8 Å². The molecule has 2 rings (SSSR count). The summed E-state index contributed by atoms with van der Waals surface area (Å²) in [6.07, 6.45) is 2.35. The average molecular weight is 277 g/mol. The van der Waals surface area contributed by atoms with Crippen molar-refractivity contribution >= 4 is 0 Å². The molecular weight excluding hydrogens is 260 g/mol. The Bertz CT molecular complexity index is 614. The molecule has 0 saturated heterocycles. The van der Waals surface area contributed by atoms with Crippen LogP contribution in [0.2, 0.25) is 0 Å². The third-order valence-electron chi connectivity index (χ3n) is 3.36. The van der Waals surface area contributed by atoms with Gasteiger partial charge in [-0.05, 0) is 30.5 Å². The van der Waals surface area contributed by atoms with Crippen LogP contribution in [0, 0.1) is 18.6 Å². The Labute approximate surface area is 116 Å². The summed E-state index contributed by atoms with van der Waals surface area (Å²) in [5, 5.41) is 0. The van der Waals surface area contributed by atoms with E-state index in [9.17, 15) is 8.78 Å². The van der Waals surface area contributed by atoms with E-state index in [1.165, 1.54) is 19.1 Å². The van der Waals surface area contributed by atoms with Crippen LogP contribution in [-0.2, 0) is 6.42 Å². The van der Waals surface area contributed by atoms with Crippen LogP contribution in [-0.4, -0.2) is 4.98 Å². The number of aryl methyl sites for hydroxylation is 2. The van der Waals surface area contributed by atoms with E-state index >= 15 is 0 Å². The smallest absolute Gasteiger partial charge is 0.164 e. The highest BCUT2D eigenvalue weighted by Gasteiger charge is 2.22. The maximum Gasteiger partial charge on any atom is 0.164 e. The monoisotopic (exact) mass is 277 g/mol. The van der Waals surface area contributed by atoms with Gasteiger partial charge in [0.05, 0.1) is 11.7 Å². The standard InChI is InChI=1S/C15H17F2N3/c1-3-10-5-4-8-19-14(10)15(20-18)11-7-6-9(2)12(16)13(11)17/h4-8,15,20H,3,18H2,1-2H3. The molecule has 0 fully saturated rings. The summed E-state index contributed by atoms with van der Waals surface area (Å²) < 4.78 is 27.8. The average Bonchev–Trinajstić information content (AvgIpc) is 2.48. The van der Waals surface area contributed by atoms with Gasteiger partial charge in [0.15, 0.2) is 11.6 Å². The Morgan fingerprint density at radius 2 is 2.00 bits per heavy atom. The molecule has 0 aliphatic rings. The SMILES string of the molecule is CCc1cccnc1C(NN)c1ccc(C)c(F)c1F. The van der Waals surface area contributed by atoms with Crippen LogP contribution in [0.5, 0.6) is 0 Å². The minimum absolute atomic E-state index is 0.156. The molecule has 3 nitrogen and oxygen atoms in total. The van der Waals surface area contributed by atoms with E-state index in [2.05, 4.69) is 10.4 Å². The Balaban J connectivity index is 2.56. The number of pyridine rings is 1. The molecule has 1 aromatic carbocycles. The largest absolute Gasteiger partial charge is 0.271 e. The first-order valence-corrected chi connectivity index (χ1v) is 6.44. The molecule has 1 heterocycles. The van der Waals surface area contributed by atoms with Crippen LogP contribution in [0.15, 0.2) is 30.5 Å². The summed E-state index contributed by atoms with van der Waals surface area (Å²) >= 11 is 0. The molecule has 1 atom stereocenters. The topological polar surface area (TPSA) is 50.9 Å². The molecule has 1 aromatic heterocycles. The van der Waals surface area contributed by atoms with E-state index in [4.69, 9.17) is 5.84 Å². The number of benzene rings is 1. The van der Waals surface area contributed by atoms with E-state index in [0.29, 0.717) is 5.69 Å². The maximum absolute atomic E-state index is 14.1. The van der Waals surface area contributed by atoms with Crippen molar-refractivity contribution in [3.63, 3.8) is 0 Å².